The van der Waals surface area contributed by atoms with Gasteiger partial charge in [-0.25, -0.2) is 0 Å². The molecule has 9 heteroatoms. The van der Waals surface area contributed by atoms with Gasteiger partial charge in [0, 0.05) is 11.6 Å². The minimum Gasteiger partial charge on any atom is -0.368 e. The summed E-state index contributed by atoms with van der Waals surface area (Å²) in [7, 11) is 0. The quantitative estimate of drug-likeness (QED) is 0.332. The van der Waals surface area contributed by atoms with Gasteiger partial charge in [-0.15, -0.1) is 0 Å². The molecule has 0 spiro atoms. The van der Waals surface area contributed by atoms with Gasteiger partial charge in [-0.05, 0) is 18.1 Å². The summed E-state index contributed by atoms with van der Waals surface area (Å²) in [5.74, 6) is 3.66. The summed E-state index contributed by atoms with van der Waals surface area (Å²) >= 11 is 0. The Labute approximate surface area is 120 Å². The van der Waals surface area contributed by atoms with Crippen LogP contribution < -0.4 is 22.3 Å². The van der Waals surface area contributed by atoms with Crippen LogP contribution in [0, 0.1) is 16.0 Å². The maximum atomic E-state index is 12.0. The van der Waals surface area contributed by atoms with E-state index in [0.717, 1.165) is 6.07 Å². The van der Waals surface area contributed by atoms with Crippen LogP contribution in [0.15, 0.2) is 18.2 Å². The first-order valence-corrected chi connectivity index (χ1v) is 6.13. The van der Waals surface area contributed by atoms with Gasteiger partial charge in [0.15, 0.2) is 0 Å². The largest absolute Gasteiger partial charge is 0.368 e. The van der Waals surface area contributed by atoms with Crippen LogP contribution in [0.5, 0.6) is 0 Å². The fourth-order valence-corrected chi connectivity index (χ4v) is 1.74. The van der Waals surface area contributed by atoms with Crippen molar-refractivity contribution in [2.24, 2.45) is 17.5 Å². The van der Waals surface area contributed by atoms with Crippen molar-refractivity contribution in [2.45, 2.75) is 19.9 Å². The van der Waals surface area contributed by atoms with Crippen LogP contribution in [0.2, 0.25) is 0 Å². The van der Waals surface area contributed by atoms with Crippen LogP contribution in [0.4, 0.5) is 11.4 Å². The number of amides is 2. The number of anilines is 1. The molecule has 1 atom stereocenters. The molecule has 1 unspecified atom stereocenters. The Morgan fingerprint density at radius 3 is 2.38 bits per heavy atom. The predicted molar refractivity (Wildman–Crippen MR) is 76.2 cm³/mol. The lowest BCUT2D eigenvalue weighted by atomic mass is 10.0. The van der Waals surface area contributed by atoms with E-state index in [2.05, 4.69) is 10.7 Å². The second kappa shape index (κ2) is 6.66. The first-order valence-electron chi connectivity index (χ1n) is 6.13. The lowest BCUT2D eigenvalue weighted by Crippen LogP contribution is -2.47. The second-order valence-corrected chi connectivity index (χ2v) is 4.73. The first kappa shape index (κ1) is 16.4. The van der Waals surface area contributed by atoms with Crippen molar-refractivity contribution in [3.63, 3.8) is 0 Å². The fourth-order valence-electron chi connectivity index (χ4n) is 1.74. The number of carbonyl (C=O) groups excluding carboxylic acids is 2. The van der Waals surface area contributed by atoms with Gasteiger partial charge >= 0.3 is 0 Å². The SMILES string of the molecule is CC(C)C(NC(=O)c1ccc(NN)c([N+](=O)[O-])c1)C(N)=O. The van der Waals surface area contributed by atoms with Gasteiger partial charge < -0.3 is 16.5 Å². The number of primary amides is 1. The number of nitrogen functional groups attached to an aromatic ring is 1. The molecule has 0 aliphatic heterocycles. The number of nitrogens with one attached hydrogen (secondary N) is 2. The van der Waals surface area contributed by atoms with Crippen LogP contribution in [0.3, 0.4) is 0 Å². The van der Waals surface area contributed by atoms with Crippen molar-refractivity contribution in [2.75, 3.05) is 5.43 Å². The normalized spacial score (nSPS) is 11.8. The number of benzene rings is 1. The highest BCUT2D eigenvalue weighted by atomic mass is 16.6. The van der Waals surface area contributed by atoms with Gasteiger partial charge in [0.2, 0.25) is 5.91 Å². The van der Waals surface area contributed by atoms with Gasteiger partial charge in [-0.3, -0.25) is 25.5 Å². The second-order valence-electron chi connectivity index (χ2n) is 4.73. The smallest absolute Gasteiger partial charge is 0.294 e. The first-order chi connectivity index (χ1) is 9.77. The van der Waals surface area contributed by atoms with E-state index in [0.29, 0.717) is 0 Å². The highest BCUT2D eigenvalue weighted by molar-refractivity contribution is 5.98. The standard InChI is InChI=1S/C12H17N5O4/c1-6(2)10(11(13)18)15-12(19)7-3-4-8(16-14)9(5-7)17(20)21/h3-6,10,16H,14H2,1-2H3,(H2,13,18)(H,15,19). The van der Waals surface area contributed by atoms with Crippen molar-refractivity contribution in [1.29, 1.82) is 0 Å². The van der Waals surface area contributed by atoms with E-state index in [9.17, 15) is 19.7 Å². The van der Waals surface area contributed by atoms with Crippen molar-refractivity contribution >= 4 is 23.2 Å². The molecule has 0 aliphatic rings. The van der Waals surface area contributed by atoms with Crippen LogP contribution >= 0.6 is 0 Å². The third kappa shape index (κ3) is 3.89. The monoisotopic (exact) mass is 295 g/mol. The van der Waals surface area contributed by atoms with Gasteiger partial charge in [-0.2, -0.15) is 0 Å². The van der Waals surface area contributed by atoms with Crippen molar-refractivity contribution in [3.05, 3.63) is 33.9 Å². The molecule has 1 aromatic rings. The predicted octanol–water partition coefficient (Wildman–Crippen LogP) is 0.120. The Bertz CT molecular complexity index is 573. The summed E-state index contributed by atoms with van der Waals surface area (Å²) in [5, 5.41) is 13.3. The van der Waals surface area contributed by atoms with E-state index >= 15 is 0 Å². The third-order valence-corrected chi connectivity index (χ3v) is 2.87. The number of nitro benzene ring substituents is 1. The van der Waals surface area contributed by atoms with E-state index in [-0.39, 0.29) is 22.9 Å². The number of rotatable bonds is 6. The molecule has 0 fully saturated rings. The molecule has 6 N–H and O–H groups in total. The lowest BCUT2D eigenvalue weighted by Gasteiger charge is -2.18. The number of hydrogen-bond acceptors (Lipinski definition) is 6. The van der Waals surface area contributed by atoms with Crippen LogP contribution in [0.1, 0.15) is 24.2 Å². The third-order valence-electron chi connectivity index (χ3n) is 2.87. The van der Waals surface area contributed by atoms with Crippen LogP contribution in [0.25, 0.3) is 0 Å². The van der Waals surface area contributed by atoms with Gasteiger partial charge in [-0.1, -0.05) is 13.8 Å². The van der Waals surface area contributed by atoms with Crippen LogP contribution in [-0.2, 0) is 4.79 Å². The number of carbonyl (C=O) groups is 2. The van der Waals surface area contributed by atoms with E-state index in [1.54, 1.807) is 13.8 Å². The molecule has 9 nitrogen and oxygen atoms in total. The highest BCUT2D eigenvalue weighted by Crippen LogP contribution is 2.24. The molecule has 21 heavy (non-hydrogen) atoms. The summed E-state index contributed by atoms with van der Waals surface area (Å²) < 4.78 is 0. The summed E-state index contributed by atoms with van der Waals surface area (Å²) in [6, 6.07) is 2.88. The molecule has 114 valence electrons. The zero-order valence-electron chi connectivity index (χ0n) is 11.6. The number of nitrogens with zero attached hydrogens (tertiary/aromatic N) is 1. The van der Waals surface area contributed by atoms with E-state index in [1.807, 2.05) is 0 Å². The van der Waals surface area contributed by atoms with Gasteiger partial charge in [0.1, 0.15) is 11.7 Å². The summed E-state index contributed by atoms with van der Waals surface area (Å²) in [4.78, 5) is 33.5. The van der Waals surface area contributed by atoms with Gasteiger partial charge in [0.25, 0.3) is 11.6 Å². The topological polar surface area (TPSA) is 153 Å². The van der Waals surface area contributed by atoms with E-state index in [4.69, 9.17) is 11.6 Å². The average Bonchev–Trinajstić information content (AvgIpc) is 2.42. The molecule has 1 rings (SSSR count). The summed E-state index contributed by atoms with van der Waals surface area (Å²) in [5.41, 5.74) is 7.14. The molecular formula is C12H17N5O4. The number of hydrogen-bond donors (Lipinski definition) is 4. The Hall–Kier alpha value is -2.68. The summed E-state index contributed by atoms with van der Waals surface area (Å²) in [6.07, 6.45) is 0. The molecule has 0 radical (unpaired) electrons. The lowest BCUT2D eigenvalue weighted by molar-refractivity contribution is -0.384. The Kier molecular flexibility index (Phi) is 5.19. The Morgan fingerprint density at radius 1 is 1.33 bits per heavy atom. The minimum absolute atomic E-state index is 0.0348. The van der Waals surface area contributed by atoms with E-state index < -0.39 is 22.8 Å². The van der Waals surface area contributed by atoms with Crippen molar-refractivity contribution in [1.82, 2.24) is 5.32 Å². The van der Waals surface area contributed by atoms with Gasteiger partial charge in [0.05, 0.1) is 4.92 Å². The molecule has 0 heterocycles. The average molecular weight is 295 g/mol. The van der Waals surface area contributed by atoms with Crippen LogP contribution in [-0.4, -0.2) is 22.8 Å². The molecule has 0 saturated heterocycles. The Balaban J connectivity index is 3.05. The number of nitro groups is 1. The zero-order chi connectivity index (χ0) is 16.2. The molecule has 2 amide bonds. The molecule has 0 aliphatic carbocycles. The zero-order valence-corrected chi connectivity index (χ0v) is 11.6. The molecular weight excluding hydrogens is 278 g/mol. The minimum atomic E-state index is -0.858. The summed E-state index contributed by atoms with van der Waals surface area (Å²) in [6.45, 7) is 3.44. The molecule has 1 aromatic carbocycles. The maximum absolute atomic E-state index is 12.0. The maximum Gasteiger partial charge on any atom is 0.294 e. The van der Waals surface area contributed by atoms with Crippen molar-refractivity contribution < 1.29 is 14.5 Å². The van der Waals surface area contributed by atoms with Crippen molar-refractivity contribution in [3.8, 4) is 0 Å². The molecule has 0 saturated carbocycles. The molecule has 0 aromatic heterocycles. The Morgan fingerprint density at radius 2 is 1.95 bits per heavy atom. The molecule has 0 bridgehead atoms. The number of nitrogens with two attached hydrogens (primary N) is 2. The van der Waals surface area contributed by atoms with E-state index in [1.165, 1.54) is 12.1 Å². The highest BCUT2D eigenvalue weighted by Gasteiger charge is 2.24. The fraction of sp³-hybridized carbons (Fsp3) is 0.333. The number of hydrazine groups is 1.